The Bertz CT molecular complexity index is 805. The van der Waals surface area contributed by atoms with Crippen LogP contribution < -0.4 is 15.4 Å². The van der Waals surface area contributed by atoms with Crippen molar-refractivity contribution in [3.8, 4) is 5.75 Å². The molecule has 2 aromatic rings. The van der Waals surface area contributed by atoms with Gasteiger partial charge in [0.1, 0.15) is 12.4 Å². The number of morpholine rings is 1. The fourth-order valence-electron chi connectivity index (χ4n) is 3.81. The molecule has 1 saturated heterocycles. The molecule has 32 heavy (non-hydrogen) atoms. The van der Waals surface area contributed by atoms with Crippen molar-refractivity contribution in [1.82, 2.24) is 20.5 Å². The third-order valence-electron chi connectivity index (χ3n) is 5.53. The number of aliphatic imine (C=N–C) groups is 1. The molecule has 174 valence electrons. The first-order valence-electron chi connectivity index (χ1n) is 11.5. The minimum atomic E-state index is 0.468. The summed E-state index contributed by atoms with van der Waals surface area (Å²) in [6.45, 7) is 10.3. The van der Waals surface area contributed by atoms with Crippen LogP contribution in [0.15, 0.2) is 53.7 Å². The van der Waals surface area contributed by atoms with E-state index in [1.165, 1.54) is 5.56 Å². The minimum Gasteiger partial charge on any atom is -0.487 e. The number of aromatic nitrogens is 1. The van der Waals surface area contributed by atoms with Crippen LogP contribution in [-0.2, 0) is 17.9 Å². The average Bonchev–Trinajstić information content (AvgIpc) is 2.83. The highest BCUT2D eigenvalue weighted by atomic mass is 16.5. The van der Waals surface area contributed by atoms with Crippen LogP contribution in [0, 0.1) is 5.92 Å². The van der Waals surface area contributed by atoms with Gasteiger partial charge in [-0.05, 0) is 42.2 Å². The second-order valence-electron chi connectivity index (χ2n) is 8.49. The number of hydrogen-bond acceptors (Lipinski definition) is 5. The van der Waals surface area contributed by atoms with Crippen LogP contribution >= 0.6 is 0 Å². The van der Waals surface area contributed by atoms with E-state index in [2.05, 4.69) is 51.5 Å². The smallest absolute Gasteiger partial charge is 0.191 e. The van der Waals surface area contributed by atoms with E-state index < -0.39 is 0 Å². The molecular formula is C25H37N5O2. The lowest BCUT2D eigenvalue weighted by Gasteiger charge is -2.35. The summed E-state index contributed by atoms with van der Waals surface area (Å²) in [5.41, 5.74) is 2.09. The Hall–Kier alpha value is -2.64. The molecule has 1 aliphatic heterocycles. The summed E-state index contributed by atoms with van der Waals surface area (Å²) in [5, 5.41) is 6.94. The monoisotopic (exact) mass is 439 g/mol. The third-order valence-corrected chi connectivity index (χ3v) is 5.53. The van der Waals surface area contributed by atoms with E-state index >= 15 is 0 Å². The fourth-order valence-corrected chi connectivity index (χ4v) is 3.81. The van der Waals surface area contributed by atoms with Crippen molar-refractivity contribution in [3.05, 3.63) is 59.9 Å². The number of rotatable bonds is 10. The Kier molecular flexibility index (Phi) is 9.78. The Balaban J connectivity index is 1.44. The lowest BCUT2D eigenvalue weighted by molar-refractivity contribution is 0.0132. The molecule has 0 radical (unpaired) electrons. The molecule has 0 aliphatic carbocycles. The normalized spacial score (nSPS) is 16.1. The Labute approximate surface area is 192 Å². The van der Waals surface area contributed by atoms with Crippen molar-refractivity contribution in [1.29, 1.82) is 0 Å². The first-order chi connectivity index (χ1) is 15.6. The van der Waals surface area contributed by atoms with Crippen LogP contribution in [-0.4, -0.2) is 61.8 Å². The highest BCUT2D eigenvalue weighted by Crippen LogP contribution is 2.14. The molecule has 1 aromatic carbocycles. The lowest BCUT2D eigenvalue weighted by atomic mass is 10.0. The third kappa shape index (κ3) is 8.13. The maximum Gasteiger partial charge on any atom is 0.191 e. The first kappa shape index (κ1) is 24.0. The van der Waals surface area contributed by atoms with Crippen LogP contribution in [0.25, 0.3) is 0 Å². The van der Waals surface area contributed by atoms with Crippen LogP contribution in [0.5, 0.6) is 5.75 Å². The summed E-state index contributed by atoms with van der Waals surface area (Å²) in [4.78, 5) is 11.2. The van der Waals surface area contributed by atoms with E-state index in [1.807, 2.05) is 37.4 Å². The van der Waals surface area contributed by atoms with Gasteiger partial charge in [0.15, 0.2) is 5.96 Å². The Morgan fingerprint density at radius 3 is 2.56 bits per heavy atom. The predicted molar refractivity (Wildman–Crippen MR) is 129 cm³/mol. The van der Waals surface area contributed by atoms with E-state index in [9.17, 15) is 0 Å². The maximum atomic E-state index is 5.82. The number of benzene rings is 1. The van der Waals surface area contributed by atoms with Gasteiger partial charge in [0.05, 0.1) is 18.9 Å². The van der Waals surface area contributed by atoms with E-state index in [0.29, 0.717) is 25.1 Å². The number of nitrogens with one attached hydrogen (secondary N) is 2. The summed E-state index contributed by atoms with van der Waals surface area (Å²) in [6, 6.07) is 14.4. The van der Waals surface area contributed by atoms with Crippen molar-refractivity contribution in [2.75, 3.05) is 39.9 Å². The summed E-state index contributed by atoms with van der Waals surface area (Å²) in [7, 11) is 1.82. The molecule has 7 nitrogen and oxygen atoms in total. The average molecular weight is 440 g/mol. The summed E-state index contributed by atoms with van der Waals surface area (Å²) in [6.07, 6.45) is 2.93. The molecular weight excluding hydrogens is 402 g/mol. The molecule has 2 N–H and O–H groups in total. The van der Waals surface area contributed by atoms with Crippen molar-refractivity contribution in [2.45, 2.75) is 39.5 Å². The quantitative estimate of drug-likeness (QED) is 0.438. The maximum absolute atomic E-state index is 5.82. The van der Waals surface area contributed by atoms with Gasteiger partial charge in [0, 0.05) is 45.5 Å². The number of guanidine groups is 1. The number of ether oxygens (including phenoxy) is 2. The summed E-state index contributed by atoms with van der Waals surface area (Å²) >= 11 is 0. The molecule has 1 unspecified atom stereocenters. The minimum absolute atomic E-state index is 0.468. The molecule has 0 spiro atoms. The molecule has 0 amide bonds. The topological polar surface area (TPSA) is 71.0 Å². The van der Waals surface area contributed by atoms with Gasteiger partial charge in [-0.2, -0.15) is 0 Å². The first-order valence-corrected chi connectivity index (χ1v) is 11.5. The second-order valence-corrected chi connectivity index (χ2v) is 8.49. The van der Waals surface area contributed by atoms with E-state index in [-0.39, 0.29) is 0 Å². The number of hydrogen-bond donors (Lipinski definition) is 2. The van der Waals surface area contributed by atoms with E-state index in [1.54, 1.807) is 6.20 Å². The molecule has 3 rings (SSSR count). The molecule has 7 heteroatoms. The largest absolute Gasteiger partial charge is 0.487 e. The van der Waals surface area contributed by atoms with Crippen LogP contribution in [0.3, 0.4) is 0 Å². The summed E-state index contributed by atoms with van der Waals surface area (Å²) in [5.74, 6) is 2.31. The van der Waals surface area contributed by atoms with E-state index in [4.69, 9.17) is 9.47 Å². The second kappa shape index (κ2) is 13.0. The van der Waals surface area contributed by atoms with Gasteiger partial charge in [-0.1, -0.05) is 32.0 Å². The van der Waals surface area contributed by atoms with Crippen molar-refractivity contribution in [2.24, 2.45) is 10.9 Å². The van der Waals surface area contributed by atoms with Gasteiger partial charge >= 0.3 is 0 Å². The molecule has 0 bridgehead atoms. The van der Waals surface area contributed by atoms with Gasteiger partial charge in [-0.15, -0.1) is 0 Å². The highest BCUT2D eigenvalue weighted by Gasteiger charge is 2.22. The number of pyridine rings is 1. The van der Waals surface area contributed by atoms with Crippen molar-refractivity contribution in [3.63, 3.8) is 0 Å². The zero-order chi connectivity index (χ0) is 22.6. The Morgan fingerprint density at radius 2 is 1.91 bits per heavy atom. The molecule has 1 aliphatic rings. The summed E-state index contributed by atoms with van der Waals surface area (Å²) < 4.78 is 11.3. The SMILES string of the molecule is CN=C(NCc1ccc(OCc2ccccn2)cc1)NCC(CC(C)C)N1CCOCC1. The molecule has 2 heterocycles. The van der Waals surface area contributed by atoms with Crippen LogP contribution in [0.1, 0.15) is 31.5 Å². The molecule has 1 fully saturated rings. The van der Waals surface area contributed by atoms with Gasteiger partial charge < -0.3 is 20.1 Å². The molecule has 1 atom stereocenters. The van der Waals surface area contributed by atoms with Crippen molar-refractivity contribution < 1.29 is 9.47 Å². The van der Waals surface area contributed by atoms with Gasteiger partial charge in [0.2, 0.25) is 0 Å². The fraction of sp³-hybridized carbons (Fsp3) is 0.520. The van der Waals surface area contributed by atoms with Gasteiger partial charge in [-0.25, -0.2) is 0 Å². The zero-order valence-electron chi connectivity index (χ0n) is 19.6. The van der Waals surface area contributed by atoms with Gasteiger partial charge in [-0.3, -0.25) is 14.9 Å². The van der Waals surface area contributed by atoms with E-state index in [0.717, 1.165) is 56.7 Å². The van der Waals surface area contributed by atoms with Crippen molar-refractivity contribution >= 4 is 5.96 Å². The lowest BCUT2D eigenvalue weighted by Crippen LogP contribution is -2.50. The van der Waals surface area contributed by atoms with Gasteiger partial charge in [0.25, 0.3) is 0 Å². The standard InChI is InChI=1S/C25H37N5O2/c1-20(2)16-23(30-12-14-31-15-13-30)18-29-25(26-3)28-17-21-7-9-24(10-8-21)32-19-22-6-4-5-11-27-22/h4-11,20,23H,12-19H2,1-3H3,(H2,26,28,29). The highest BCUT2D eigenvalue weighted by molar-refractivity contribution is 5.79. The Morgan fingerprint density at radius 1 is 1.12 bits per heavy atom. The zero-order valence-corrected chi connectivity index (χ0v) is 19.6. The predicted octanol–water partition coefficient (Wildman–Crippen LogP) is 3.07. The van der Waals surface area contributed by atoms with Crippen LogP contribution in [0.4, 0.5) is 0 Å². The van der Waals surface area contributed by atoms with Crippen LogP contribution in [0.2, 0.25) is 0 Å². The number of nitrogens with zero attached hydrogens (tertiary/aromatic N) is 3. The molecule has 1 aromatic heterocycles. The molecule has 0 saturated carbocycles.